The topological polar surface area (TPSA) is 80.8 Å². The smallest absolute Gasteiger partial charge is 0.263 e. The third-order valence-electron chi connectivity index (χ3n) is 4.39. The lowest BCUT2D eigenvalue weighted by Gasteiger charge is -2.35. The molecule has 1 atom stereocenters. The van der Waals surface area contributed by atoms with E-state index in [4.69, 9.17) is 21.1 Å². The second-order valence-corrected chi connectivity index (χ2v) is 9.44. The summed E-state index contributed by atoms with van der Waals surface area (Å²) in [6.45, 7) is 2.50. The summed E-state index contributed by atoms with van der Waals surface area (Å²) in [6.07, 6.45) is 1.38. The maximum atomic E-state index is 12.7. The molecule has 2 aromatic carbocycles. The Hall–Kier alpha value is -2.49. The number of benzene rings is 2. The molecule has 0 spiro atoms. The van der Waals surface area contributed by atoms with Crippen LogP contribution in [0.15, 0.2) is 52.9 Å². The summed E-state index contributed by atoms with van der Waals surface area (Å²) in [6, 6.07) is 10.2. The fourth-order valence-electron chi connectivity index (χ4n) is 3.14. The van der Waals surface area contributed by atoms with Gasteiger partial charge in [-0.2, -0.15) is 0 Å². The number of anilines is 3. The van der Waals surface area contributed by atoms with Gasteiger partial charge in [0.1, 0.15) is 17.6 Å². The van der Waals surface area contributed by atoms with E-state index in [2.05, 4.69) is 9.71 Å². The summed E-state index contributed by atoms with van der Waals surface area (Å²) < 4.78 is 39.3. The second kappa shape index (κ2) is 7.74. The predicted molar refractivity (Wildman–Crippen MR) is 114 cm³/mol. The summed E-state index contributed by atoms with van der Waals surface area (Å²) in [4.78, 5) is 6.10. The van der Waals surface area contributed by atoms with Crippen LogP contribution in [0, 0.1) is 0 Å². The van der Waals surface area contributed by atoms with Gasteiger partial charge in [-0.1, -0.05) is 11.6 Å². The van der Waals surface area contributed by atoms with Gasteiger partial charge in [-0.3, -0.25) is 4.72 Å². The molecular weight excluding hydrogens is 434 g/mol. The minimum atomic E-state index is -3.78. The molecule has 0 aliphatic carbocycles. The molecule has 0 unspecified atom stereocenters. The molecule has 1 aliphatic rings. The predicted octanol–water partition coefficient (Wildman–Crippen LogP) is 4.52. The van der Waals surface area contributed by atoms with Gasteiger partial charge in [0.25, 0.3) is 10.0 Å². The molecule has 10 heteroatoms. The highest BCUT2D eigenvalue weighted by Crippen LogP contribution is 2.43. The lowest BCUT2D eigenvalue weighted by Crippen LogP contribution is -2.35. The van der Waals surface area contributed by atoms with Crippen molar-refractivity contribution in [2.75, 3.05) is 23.3 Å². The number of fused-ring (bicyclic) bond motifs is 1. The third kappa shape index (κ3) is 3.98. The molecule has 3 aromatic rings. The van der Waals surface area contributed by atoms with Gasteiger partial charge in [0.2, 0.25) is 0 Å². The molecule has 0 radical (unpaired) electrons. The zero-order chi connectivity index (χ0) is 20.6. The minimum absolute atomic E-state index is 0.101. The molecule has 1 aromatic heterocycles. The standard InChI is InChI=1S/C19H18ClN3O4S2/c1-12-11-23(15-5-3-13(20)9-17(15)26-2)16-6-4-14(10-18(16)27-12)29(24,25)22-19-21-7-8-28-19/h3-10,12H,11H2,1-2H3,(H,21,22)/t12-/m1/s1. The first-order valence-corrected chi connectivity index (χ1v) is 11.5. The SMILES string of the molecule is COc1cc(Cl)ccc1N1C[C@@H](C)Oc2cc(S(=O)(=O)Nc3nccs3)ccc21. The number of ether oxygens (including phenoxy) is 2. The average molecular weight is 452 g/mol. The lowest BCUT2D eigenvalue weighted by atomic mass is 10.1. The monoisotopic (exact) mass is 451 g/mol. The van der Waals surface area contributed by atoms with E-state index in [0.717, 1.165) is 11.4 Å². The zero-order valence-electron chi connectivity index (χ0n) is 15.6. The molecule has 0 bridgehead atoms. The van der Waals surface area contributed by atoms with E-state index in [0.29, 0.717) is 28.2 Å². The molecule has 1 aliphatic heterocycles. The van der Waals surface area contributed by atoms with Crippen LogP contribution in [-0.2, 0) is 10.0 Å². The van der Waals surface area contributed by atoms with E-state index in [1.54, 1.807) is 36.8 Å². The van der Waals surface area contributed by atoms with Gasteiger partial charge in [-0.15, -0.1) is 11.3 Å². The van der Waals surface area contributed by atoms with Crippen molar-refractivity contribution >= 4 is 49.5 Å². The van der Waals surface area contributed by atoms with Crippen molar-refractivity contribution in [3.63, 3.8) is 0 Å². The van der Waals surface area contributed by atoms with Crippen LogP contribution in [0.2, 0.25) is 5.02 Å². The molecule has 0 fully saturated rings. The van der Waals surface area contributed by atoms with Gasteiger partial charge in [0.15, 0.2) is 5.13 Å². The molecular formula is C19H18ClN3O4S2. The van der Waals surface area contributed by atoms with Crippen molar-refractivity contribution in [1.29, 1.82) is 0 Å². The van der Waals surface area contributed by atoms with E-state index in [9.17, 15) is 8.42 Å². The summed E-state index contributed by atoms with van der Waals surface area (Å²) in [7, 11) is -2.19. The number of nitrogens with zero attached hydrogens (tertiary/aromatic N) is 2. The Morgan fingerprint density at radius 2 is 2.07 bits per heavy atom. The van der Waals surface area contributed by atoms with Gasteiger partial charge in [0, 0.05) is 28.7 Å². The van der Waals surface area contributed by atoms with Crippen LogP contribution in [0.4, 0.5) is 16.5 Å². The van der Waals surface area contributed by atoms with Crippen LogP contribution in [-0.4, -0.2) is 33.2 Å². The first-order chi connectivity index (χ1) is 13.9. The minimum Gasteiger partial charge on any atom is -0.495 e. The number of nitrogens with one attached hydrogen (secondary N) is 1. The molecule has 0 amide bonds. The number of methoxy groups -OCH3 is 1. The molecule has 4 rings (SSSR count). The van der Waals surface area contributed by atoms with E-state index in [1.807, 2.05) is 17.9 Å². The van der Waals surface area contributed by atoms with Crippen LogP contribution in [0.1, 0.15) is 6.92 Å². The van der Waals surface area contributed by atoms with Crippen molar-refractivity contribution in [2.24, 2.45) is 0 Å². The maximum absolute atomic E-state index is 12.7. The maximum Gasteiger partial charge on any atom is 0.263 e. The summed E-state index contributed by atoms with van der Waals surface area (Å²) >= 11 is 7.30. The van der Waals surface area contributed by atoms with E-state index in [-0.39, 0.29) is 11.0 Å². The highest BCUT2D eigenvalue weighted by atomic mass is 35.5. The molecule has 1 N–H and O–H groups in total. The number of halogens is 1. The Morgan fingerprint density at radius 3 is 2.79 bits per heavy atom. The lowest BCUT2D eigenvalue weighted by molar-refractivity contribution is 0.217. The van der Waals surface area contributed by atoms with Crippen molar-refractivity contribution in [3.8, 4) is 11.5 Å². The van der Waals surface area contributed by atoms with E-state index in [1.165, 1.54) is 23.6 Å². The highest BCUT2D eigenvalue weighted by Gasteiger charge is 2.28. The fourth-order valence-corrected chi connectivity index (χ4v) is 5.10. The van der Waals surface area contributed by atoms with Gasteiger partial charge in [0.05, 0.1) is 29.9 Å². The number of hydrogen-bond acceptors (Lipinski definition) is 7. The van der Waals surface area contributed by atoms with Crippen LogP contribution < -0.4 is 19.1 Å². The van der Waals surface area contributed by atoms with Crippen LogP contribution in [0.25, 0.3) is 0 Å². The summed E-state index contributed by atoms with van der Waals surface area (Å²) in [5.41, 5.74) is 1.57. The van der Waals surface area contributed by atoms with Crippen LogP contribution >= 0.6 is 22.9 Å². The summed E-state index contributed by atoms with van der Waals surface area (Å²) in [5, 5.41) is 2.58. The second-order valence-electron chi connectivity index (χ2n) is 6.43. The zero-order valence-corrected chi connectivity index (χ0v) is 18.0. The van der Waals surface area contributed by atoms with Gasteiger partial charge >= 0.3 is 0 Å². The number of rotatable bonds is 5. The molecule has 7 nitrogen and oxygen atoms in total. The largest absolute Gasteiger partial charge is 0.495 e. The van der Waals surface area contributed by atoms with Crippen molar-refractivity contribution < 1.29 is 17.9 Å². The first-order valence-electron chi connectivity index (χ1n) is 8.71. The van der Waals surface area contributed by atoms with Crippen molar-refractivity contribution in [3.05, 3.63) is 53.0 Å². The highest BCUT2D eigenvalue weighted by molar-refractivity contribution is 7.93. The van der Waals surface area contributed by atoms with Crippen molar-refractivity contribution in [1.82, 2.24) is 4.98 Å². The van der Waals surface area contributed by atoms with Crippen LogP contribution in [0.5, 0.6) is 11.5 Å². The van der Waals surface area contributed by atoms with E-state index < -0.39 is 10.0 Å². The van der Waals surface area contributed by atoms with Gasteiger partial charge < -0.3 is 14.4 Å². The number of sulfonamides is 1. The average Bonchev–Trinajstić information content (AvgIpc) is 3.19. The quantitative estimate of drug-likeness (QED) is 0.614. The Kier molecular flexibility index (Phi) is 5.28. The van der Waals surface area contributed by atoms with Gasteiger partial charge in [-0.25, -0.2) is 13.4 Å². The molecule has 29 heavy (non-hydrogen) atoms. The number of aromatic nitrogens is 1. The van der Waals surface area contributed by atoms with Crippen molar-refractivity contribution in [2.45, 2.75) is 17.9 Å². The number of thiazole rings is 1. The molecule has 2 heterocycles. The molecule has 0 saturated carbocycles. The Morgan fingerprint density at radius 1 is 1.28 bits per heavy atom. The molecule has 0 saturated heterocycles. The molecule has 152 valence electrons. The normalized spacial score (nSPS) is 16.1. The fraction of sp³-hybridized carbons (Fsp3) is 0.211. The first kappa shape index (κ1) is 19.8. The summed E-state index contributed by atoms with van der Waals surface area (Å²) in [5.74, 6) is 1.10. The Labute approximate surface area is 177 Å². The van der Waals surface area contributed by atoms with Crippen LogP contribution in [0.3, 0.4) is 0 Å². The third-order valence-corrected chi connectivity index (χ3v) is 6.78. The Bertz CT molecular complexity index is 1140. The number of hydrogen-bond donors (Lipinski definition) is 1. The Balaban J connectivity index is 1.74. The van der Waals surface area contributed by atoms with E-state index >= 15 is 0 Å². The van der Waals surface area contributed by atoms with Gasteiger partial charge in [-0.05, 0) is 31.2 Å².